The average molecular weight is 518 g/mol. The monoisotopic (exact) mass is 517 g/mol. The third-order valence-corrected chi connectivity index (χ3v) is 7.23. The molecule has 2 aliphatic rings. The third kappa shape index (κ3) is 4.95. The van der Waals surface area contributed by atoms with Crippen LogP contribution in [-0.2, 0) is 15.0 Å². The summed E-state index contributed by atoms with van der Waals surface area (Å²) in [5.41, 5.74) is 4.10. The minimum atomic E-state index is -0.725. The summed E-state index contributed by atoms with van der Waals surface area (Å²) in [7, 11) is 0. The maximum atomic E-state index is 13.0. The predicted octanol–water partition coefficient (Wildman–Crippen LogP) is 5.77. The molecule has 1 aliphatic carbocycles. The van der Waals surface area contributed by atoms with Crippen LogP contribution in [-0.4, -0.2) is 34.2 Å². The molecule has 7 heteroatoms. The molecule has 0 saturated carbocycles. The molecule has 4 aromatic rings. The Balaban J connectivity index is 1.35. The molecular weight excluding hydrogens is 490 g/mol. The van der Waals surface area contributed by atoms with Gasteiger partial charge in [0.25, 0.3) is 0 Å². The van der Waals surface area contributed by atoms with Crippen molar-refractivity contribution >= 4 is 28.7 Å². The number of benzene rings is 3. The number of allylic oxidation sites excluding steroid dienone is 1. The smallest absolute Gasteiger partial charge is 0.311 e. The lowest BCUT2D eigenvalue weighted by Crippen LogP contribution is -2.31. The first-order chi connectivity index (χ1) is 19.1. The number of rotatable bonds is 8. The Labute approximate surface area is 226 Å². The zero-order chi connectivity index (χ0) is 26.7. The third-order valence-electron chi connectivity index (χ3n) is 7.23. The molecule has 194 valence electrons. The Morgan fingerprint density at radius 1 is 0.718 bits per heavy atom. The molecule has 0 spiro atoms. The van der Waals surface area contributed by atoms with E-state index in [-0.39, 0.29) is 24.8 Å². The van der Waals surface area contributed by atoms with Gasteiger partial charge < -0.3 is 9.47 Å². The van der Waals surface area contributed by atoms with Gasteiger partial charge in [-0.2, -0.15) is 0 Å². The van der Waals surface area contributed by atoms with Gasteiger partial charge in [-0.1, -0.05) is 54.6 Å². The summed E-state index contributed by atoms with van der Waals surface area (Å²) in [4.78, 5) is 40.8. The van der Waals surface area contributed by atoms with Crippen LogP contribution in [0.15, 0.2) is 102 Å². The summed E-state index contributed by atoms with van der Waals surface area (Å²) in [6.45, 7) is 0.662. The van der Waals surface area contributed by atoms with Gasteiger partial charge in [0.05, 0.1) is 22.4 Å². The number of ether oxygens (including phenoxy) is 2. The van der Waals surface area contributed by atoms with Gasteiger partial charge in [0.1, 0.15) is 17.2 Å². The van der Waals surface area contributed by atoms with Crippen LogP contribution in [0.25, 0.3) is 11.0 Å². The molecule has 3 aromatic carbocycles. The van der Waals surface area contributed by atoms with Crippen molar-refractivity contribution in [3.05, 3.63) is 108 Å². The first kappa shape index (κ1) is 24.7. The van der Waals surface area contributed by atoms with Gasteiger partial charge in [-0.3, -0.25) is 14.6 Å². The zero-order valence-electron chi connectivity index (χ0n) is 21.4. The largest absolute Gasteiger partial charge is 0.427 e. The number of hydrogen-bond acceptors (Lipinski definition) is 7. The average Bonchev–Trinajstić information content (AvgIpc) is 3.24. The molecule has 0 fully saturated rings. The topological polar surface area (TPSA) is 90.7 Å². The second-order valence-electron chi connectivity index (χ2n) is 9.70. The van der Waals surface area contributed by atoms with E-state index in [4.69, 9.17) is 24.4 Å². The number of fused-ring (bicyclic) bond motifs is 4. The van der Waals surface area contributed by atoms with Gasteiger partial charge in [-0.15, -0.1) is 0 Å². The SMILES string of the molecule is O=C(CCC1(CCC(=O)Oc2ccccc2)C2=CCCN=C2c2nc3ccccc3nc21)Oc1ccccc1. The van der Waals surface area contributed by atoms with Crippen LogP contribution < -0.4 is 9.47 Å². The maximum Gasteiger partial charge on any atom is 0.311 e. The fourth-order valence-electron chi connectivity index (χ4n) is 5.42. The molecule has 0 unspecified atom stereocenters. The highest BCUT2D eigenvalue weighted by Gasteiger charge is 2.49. The van der Waals surface area contributed by atoms with E-state index >= 15 is 0 Å². The number of aliphatic imine (C=N–C) groups is 1. The fraction of sp³-hybridized carbons (Fsp3) is 0.219. The van der Waals surface area contributed by atoms with Gasteiger partial charge in [-0.25, -0.2) is 9.97 Å². The van der Waals surface area contributed by atoms with E-state index in [0.29, 0.717) is 30.9 Å². The first-order valence-corrected chi connectivity index (χ1v) is 13.2. The number of nitrogens with zero attached hydrogens (tertiary/aromatic N) is 3. The Kier molecular flexibility index (Phi) is 6.71. The lowest BCUT2D eigenvalue weighted by molar-refractivity contribution is -0.134. The normalized spacial score (nSPS) is 15.1. The standard InChI is InChI=1S/C32H27N3O4/c36-27(38-22-10-3-1-4-11-22)17-19-32(20-18-28(37)39-23-12-5-2-6-13-23)24-14-9-21-33-29(24)30-31(32)35-26-16-8-7-15-25(26)34-30/h1-8,10-16H,9,17-21H2. The molecule has 0 N–H and O–H groups in total. The number of hydrogen-bond donors (Lipinski definition) is 0. The summed E-state index contributed by atoms with van der Waals surface area (Å²) in [6.07, 6.45) is 4.03. The van der Waals surface area contributed by atoms with E-state index in [2.05, 4.69) is 6.08 Å². The van der Waals surface area contributed by atoms with E-state index in [1.165, 1.54) is 0 Å². The van der Waals surface area contributed by atoms with Crippen molar-refractivity contribution in [1.82, 2.24) is 9.97 Å². The molecule has 2 heterocycles. The summed E-state index contributed by atoms with van der Waals surface area (Å²) in [5.74, 6) is 0.313. The molecule has 0 amide bonds. The highest BCUT2D eigenvalue weighted by atomic mass is 16.5. The van der Waals surface area contributed by atoms with E-state index in [1.807, 2.05) is 60.7 Å². The number of esters is 2. The molecule has 6 rings (SSSR count). The van der Waals surface area contributed by atoms with Crippen LogP contribution in [0, 0.1) is 0 Å². The fourth-order valence-corrected chi connectivity index (χ4v) is 5.42. The number of para-hydroxylation sites is 4. The highest BCUT2D eigenvalue weighted by molar-refractivity contribution is 6.18. The molecule has 0 atom stereocenters. The Morgan fingerprint density at radius 3 is 1.85 bits per heavy atom. The van der Waals surface area contributed by atoms with Crippen molar-refractivity contribution in [2.45, 2.75) is 37.5 Å². The second-order valence-corrected chi connectivity index (χ2v) is 9.70. The molecular formula is C32H27N3O4. The Morgan fingerprint density at radius 2 is 1.26 bits per heavy atom. The number of carbonyl (C=O) groups excluding carboxylic acids is 2. The van der Waals surface area contributed by atoms with Gasteiger partial charge >= 0.3 is 11.9 Å². The van der Waals surface area contributed by atoms with E-state index < -0.39 is 5.41 Å². The minimum absolute atomic E-state index is 0.140. The lowest BCUT2D eigenvalue weighted by atomic mass is 9.72. The van der Waals surface area contributed by atoms with E-state index in [1.54, 1.807) is 24.3 Å². The quantitative estimate of drug-likeness (QED) is 0.218. The van der Waals surface area contributed by atoms with Gasteiger partial charge in [0.15, 0.2) is 0 Å². The molecule has 39 heavy (non-hydrogen) atoms. The highest BCUT2D eigenvalue weighted by Crippen LogP contribution is 2.49. The second kappa shape index (κ2) is 10.6. The molecule has 0 radical (unpaired) electrons. The van der Waals surface area contributed by atoms with Crippen molar-refractivity contribution in [3.8, 4) is 11.5 Å². The molecule has 1 aliphatic heterocycles. The van der Waals surface area contributed by atoms with Crippen LogP contribution in [0.3, 0.4) is 0 Å². The van der Waals surface area contributed by atoms with Crippen LogP contribution in [0.5, 0.6) is 11.5 Å². The summed E-state index contributed by atoms with van der Waals surface area (Å²) in [6, 6.07) is 25.8. The van der Waals surface area contributed by atoms with Crippen molar-refractivity contribution < 1.29 is 19.1 Å². The van der Waals surface area contributed by atoms with Gasteiger partial charge in [0, 0.05) is 24.8 Å². The first-order valence-electron chi connectivity index (χ1n) is 13.2. The van der Waals surface area contributed by atoms with Crippen molar-refractivity contribution in [2.24, 2.45) is 4.99 Å². The van der Waals surface area contributed by atoms with Crippen LogP contribution in [0.2, 0.25) is 0 Å². The molecule has 1 aromatic heterocycles. The lowest BCUT2D eigenvalue weighted by Gasteiger charge is -2.31. The number of dihydropyridines is 1. The van der Waals surface area contributed by atoms with Gasteiger partial charge in [0.2, 0.25) is 0 Å². The number of carbonyl (C=O) groups is 2. The van der Waals surface area contributed by atoms with Crippen LogP contribution >= 0.6 is 0 Å². The Hall–Kier alpha value is -4.65. The summed E-state index contributed by atoms with van der Waals surface area (Å²) in [5, 5.41) is 0. The Bertz CT molecular complexity index is 1540. The maximum absolute atomic E-state index is 13.0. The predicted molar refractivity (Wildman–Crippen MR) is 148 cm³/mol. The zero-order valence-corrected chi connectivity index (χ0v) is 21.4. The molecule has 0 bridgehead atoms. The molecule has 0 saturated heterocycles. The van der Waals surface area contributed by atoms with Crippen molar-refractivity contribution in [2.75, 3.05) is 6.54 Å². The van der Waals surface area contributed by atoms with Crippen LogP contribution in [0.1, 0.15) is 43.5 Å². The summed E-state index contributed by atoms with van der Waals surface area (Å²) < 4.78 is 11.2. The number of aromatic nitrogens is 2. The van der Waals surface area contributed by atoms with E-state index in [9.17, 15) is 9.59 Å². The van der Waals surface area contributed by atoms with E-state index in [0.717, 1.165) is 40.1 Å². The summed E-state index contributed by atoms with van der Waals surface area (Å²) >= 11 is 0. The van der Waals surface area contributed by atoms with Crippen LogP contribution in [0.4, 0.5) is 0 Å². The van der Waals surface area contributed by atoms with Crippen molar-refractivity contribution in [3.63, 3.8) is 0 Å². The minimum Gasteiger partial charge on any atom is -0.427 e. The molecule has 7 nitrogen and oxygen atoms in total. The van der Waals surface area contributed by atoms with Gasteiger partial charge in [-0.05, 0) is 61.2 Å². The van der Waals surface area contributed by atoms with Crippen molar-refractivity contribution in [1.29, 1.82) is 0 Å².